The van der Waals surface area contributed by atoms with Crippen LogP contribution in [0.2, 0.25) is 0 Å². The Kier molecular flexibility index (Phi) is 7.85. The summed E-state index contributed by atoms with van der Waals surface area (Å²) in [5, 5.41) is 20.9. The molecule has 0 saturated carbocycles. The van der Waals surface area contributed by atoms with Gasteiger partial charge in [-0.15, -0.1) is 0 Å². The zero-order valence-electron chi connectivity index (χ0n) is 17.6. The van der Waals surface area contributed by atoms with E-state index in [9.17, 15) is 20.2 Å². The molecular weight excluding hydrogens is 356 g/mol. The van der Waals surface area contributed by atoms with Gasteiger partial charge in [-0.2, -0.15) is 0 Å². The van der Waals surface area contributed by atoms with Crippen LogP contribution in [0.25, 0.3) is 0 Å². The van der Waals surface area contributed by atoms with Gasteiger partial charge in [0.05, 0.1) is 9.85 Å². The monoisotopic (exact) mass is 386 g/mol. The lowest BCUT2D eigenvalue weighted by molar-refractivity contribution is -0.385. The quantitative estimate of drug-likeness (QED) is 0.451. The van der Waals surface area contributed by atoms with Gasteiger partial charge in [-0.05, 0) is 34.8 Å². The smallest absolute Gasteiger partial charge is 0.258 e. The van der Waals surface area contributed by atoms with Crippen molar-refractivity contribution in [3.8, 4) is 0 Å². The van der Waals surface area contributed by atoms with Gasteiger partial charge in [0.2, 0.25) is 0 Å². The number of nitro benzene ring substituents is 2. The SMILES string of the molecule is CC(C)(C)Cc1ccc([N+](=O)[O-])cc1.CC(C)(C)Cc1cccc([N+](=O)[O-])c1. The molecule has 0 aliphatic carbocycles. The van der Waals surface area contributed by atoms with Crippen LogP contribution in [0.15, 0.2) is 48.5 Å². The van der Waals surface area contributed by atoms with E-state index in [1.807, 2.05) is 18.2 Å². The molecule has 0 spiro atoms. The van der Waals surface area contributed by atoms with Crippen LogP contribution in [0.1, 0.15) is 52.7 Å². The number of hydrogen-bond acceptors (Lipinski definition) is 4. The minimum Gasteiger partial charge on any atom is -0.258 e. The highest BCUT2D eigenvalue weighted by atomic mass is 16.6. The highest BCUT2D eigenvalue weighted by Crippen LogP contribution is 2.23. The van der Waals surface area contributed by atoms with Crippen LogP contribution >= 0.6 is 0 Å². The molecule has 28 heavy (non-hydrogen) atoms. The maximum absolute atomic E-state index is 10.5. The second-order valence-electron chi connectivity index (χ2n) is 9.33. The van der Waals surface area contributed by atoms with Crippen LogP contribution in [-0.4, -0.2) is 9.85 Å². The lowest BCUT2D eigenvalue weighted by atomic mass is 9.88. The molecule has 0 heterocycles. The maximum Gasteiger partial charge on any atom is 0.269 e. The maximum atomic E-state index is 10.5. The molecule has 0 unspecified atom stereocenters. The van der Waals surface area contributed by atoms with Crippen LogP contribution < -0.4 is 0 Å². The number of benzene rings is 2. The van der Waals surface area contributed by atoms with E-state index in [1.165, 1.54) is 6.07 Å². The van der Waals surface area contributed by atoms with Crippen molar-refractivity contribution in [1.29, 1.82) is 0 Å². The molecule has 152 valence electrons. The fraction of sp³-hybridized carbons (Fsp3) is 0.455. The number of hydrogen-bond donors (Lipinski definition) is 0. The first-order valence-electron chi connectivity index (χ1n) is 9.23. The Hall–Kier alpha value is -2.76. The summed E-state index contributed by atoms with van der Waals surface area (Å²) in [4.78, 5) is 20.2. The summed E-state index contributed by atoms with van der Waals surface area (Å²) in [7, 11) is 0. The molecule has 0 radical (unpaired) electrons. The van der Waals surface area contributed by atoms with Crippen molar-refractivity contribution in [3.05, 3.63) is 79.9 Å². The molecule has 6 nitrogen and oxygen atoms in total. The zero-order valence-corrected chi connectivity index (χ0v) is 17.6. The van der Waals surface area contributed by atoms with Gasteiger partial charge >= 0.3 is 0 Å². The number of non-ortho nitro benzene ring substituents is 2. The van der Waals surface area contributed by atoms with Crippen molar-refractivity contribution in [3.63, 3.8) is 0 Å². The molecule has 0 aliphatic rings. The Labute approximate surface area is 166 Å². The Morgan fingerprint density at radius 3 is 1.57 bits per heavy atom. The third-order valence-corrected chi connectivity index (χ3v) is 3.74. The highest BCUT2D eigenvalue weighted by Gasteiger charge is 2.14. The van der Waals surface area contributed by atoms with Gasteiger partial charge in [-0.25, -0.2) is 0 Å². The van der Waals surface area contributed by atoms with Gasteiger partial charge in [0, 0.05) is 24.3 Å². The van der Waals surface area contributed by atoms with Crippen molar-refractivity contribution >= 4 is 11.4 Å². The molecule has 0 saturated heterocycles. The highest BCUT2D eigenvalue weighted by molar-refractivity contribution is 5.34. The molecule has 0 aromatic heterocycles. The van der Waals surface area contributed by atoms with E-state index in [2.05, 4.69) is 41.5 Å². The summed E-state index contributed by atoms with van der Waals surface area (Å²) in [5.41, 5.74) is 2.87. The normalized spacial score (nSPS) is 11.4. The Bertz CT molecular complexity index is 801. The van der Waals surface area contributed by atoms with Crippen molar-refractivity contribution in [1.82, 2.24) is 0 Å². The second-order valence-corrected chi connectivity index (χ2v) is 9.33. The molecule has 0 fully saturated rings. The van der Waals surface area contributed by atoms with Gasteiger partial charge in [-0.3, -0.25) is 20.2 Å². The Balaban J connectivity index is 0.000000280. The Morgan fingerprint density at radius 2 is 1.14 bits per heavy atom. The first-order chi connectivity index (χ1) is 12.8. The average molecular weight is 386 g/mol. The number of nitro groups is 2. The largest absolute Gasteiger partial charge is 0.269 e. The van der Waals surface area contributed by atoms with Crippen LogP contribution in [0.4, 0.5) is 11.4 Å². The van der Waals surface area contributed by atoms with E-state index in [0.717, 1.165) is 24.0 Å². The minimum absolute atomic E-state index is 0.155. The number of nitrogens with zero attached hydrogens (tertiary/aromatic N) is 2. The predicted octanol–water partition coefficient (Wildman–Crippen LogP) is 6.37. The summed E-state index contributed by atoms with van der Waals surface area (Å²) in [5.74, 6) is 0. The van der Waals surface area contributed by atoms with E-state index in [4.69, 9.17) is 0 Å². The summed E-state index contributed by atoms with van der Waals surface area (Å²) in [6.45, 7) is 12.8. The summed E-state index contributed by atoms with van der Waals surface area (Å²) < 4.78 is 0. The summed E-state index contributed by atoms with van der Waals surface area (Å²) in [6, 6.07) is 13.6. The second kappa shape index (κ2) is 9.44. The first kappa shape index (κ1) is 23.3. The van der Waals surface area contributed by atoms with Gasteiger partial charge in [0.25, 0.3) is 11.4 Å². The van der Waals surface area contributed by atoms with E-state index in [1.54, 1.807) is 24.3 Å². The fourth-order valence-corrected chi connectivity index (χ4v) is 2.74. The predicted molar refractivity (Wildman–Crippen MR) is 113 cm³/mol. The van der Waals surface area contributed by atoms with E-state index in [-0.39, 0.29) is 32.1 Å². The fourth-order valence-electron chi connectivity index (χ4n) is 2.74. The first-order valence-corrected chi connectivity index (χ1v) is 9.23. The summed E-state index contributed by atoms with van der Waals surface area (Å²) >= 11 is 0. The van der Waals surface area contributed by atoms with E-state index >= 15 is 0 Å². The van der Waals surface area contributed by atoms with Gasteiger partial charge in [-0.1, -0.05) is 65.8 Å². The molecule has 0 bridgehead atoms. The van der Waals surface area contributed by atoms with Crippen molar-refractivity contribution in [2.24, 2.45) is 10.8 Å². The summed E-state index contributed by atoms with van der Waals surface area (Å²) in [6.07, 6.45) is 1.79. The molecule has 2 aromatic rings. The molecule has 0 amide bonds. The Morgan fingerprint density at radius 1 is 0.679 bits per heavy atom. The lowest BCUT2D eigenvalue weighted by Crippen LogP contribution is -2.09. The van der Waals surface area contributed by atoms with Crippen LogP contribution in [0, 0.1) is 31.1 Å². The molecule has 2 aromatic carbocycles. The third kappa shape index (κ3) is 9.26. The average Bonchev–Trinajstić information content (AvgIpc) is 2.53. The third-order valence-electron chi connectivity index (χ3n) is 3.74. The molecular formula is C22H30N2O4. The van der Waals surface area contributed by atoms with Gasteiger partial charge in [0.15, 0.2) is 0 Å². The molecule has 0 atom stereocenters. The molecule has 2 rings (SSSR count). The molecule has 0 N–H and O–H groups in total. The van der Waals surface area contributed by atoms with Gasteiger partial charge < -0.3 is 0 Å². The molecule has 6 heteroatoms. The molecule has 0 aliphatic heterocycles. The topological polar surface area (TPSA) is 86.3 Å². The van der Waals surface area contributed by atoms with Crippen LogP contribution in [0.3, 0.4) is 0 Å². The van der Waals surface area contributed by atoms with E-state index in [0.29, 0.717) is 0 Å². The van der Waals surface area contributed by atoms with Crippen molar-refractivity contribution < 1.29 is 9.85 Å². The van der Waals surface area contributed by atoms with Crippen molar-refractivity contribution in [2.45, 2.75) is 54.4 Å². The van der Waals surface area contributed by atoms with Crippen LogP contribution in [-0.2, 0) is 12.8 Å². The zero-order chi connectivity index (χ0) is 21.5. The van der Waals surface area contributed by atoms with Gasteiger partial charge in [0.1, 0.15) is 0 Å². The standard InChI is InChI=1S/2C11H15NO2/c1-11(2,3)8-9-4-6-10(7-5-9)12(13)14;1-11(2,3)8-9-5-4-6-10(7-9)12(13)14/h2*4-7H,8H2,1-3H3. The lowest BCUT2D eigenvalue weighted by Gasteiger charge is -2.17. The van der Waals surface area contributed by atoms with E-state index < -0.39 is 0 Å². The van der Waals surface area contributed by atoms with Crippen molar-refractivity contribution in [2.75, 3.05) is 0 Å². The van der Waals surface area contributed by atoms with Crippen LogP contribution in [0.5, 0.6) is 0 Å². The minimum atomic E-state index is -0.374. The number of rotatable bonds is 4.